The molecule has 3 nitrogen and oxygen atoms in total. The first kappa shape index (κ1) is 16.8. The number of hydrogen-bond acceptors (Lipinski definition) is 3. The van der Waals surface area contributed by atoms with Gasteiger partial charge in [-0.3, -0.25) is 4.90 Å². The van der Waals surface area contributed by atoms with Crippen molar-refractivity contribution in [1.82, 2.24) is 9.80 Å². The Labute approximate surface area is 131 Å². The second-order valence-corrected chi connectivity index (χ2v) is 7.19. The van der Waals surface area contributed by atoms with Crippen LogP contribution in [-0.2, 0) is 0 Å². The third-order valence-corrected chi connectivity index (χ3v) is 5.63. The van der Waals surface area contributed by atoms with Crippen molar-refractivity contribution in [2.24, 2.45) is 11.8 Å². The highest BCUT2D eigenvalue weighted by atomic mass is 15.3. The predicted molar refractivity (Wildman–Crippen MR) is 88.0 cm³/mol. The van der Waals surface area contributed by atoms with Crippen LogP contribution in [0.3, 0.4) is 0 Å². The summed E-state index contributed by atoms with van der Waals surface area (Å²) in [5, 5.41) is 9.60. The maximum Gasteiger partial charge on any atom is 0.0672 e. The molecule has 3 heteroatoms. The largest absolute Gasteiger partial charge is 0.305 e. The molecule has 1 heterocycles. The van der Waals surface area contributed by atoms with Crippen LogP contribution in [0.1, 0.15) is 58.8 Å². The van der Waals surface area contributed by atoms with Crippen LogP contribution in [0.2, 0.25) is 0 Å². The van der Waals surface area contributed by atoms with Crippen LogP contribution in [0, 0.1) is 23.2 Å². The summed E-state index contributed by atoms with van der Waals surface area (Å²) in [6.45, 7) is 8.16. The van der Waals surface area contributed by atoms with Gasteiger partial charge in [-0.1, -0.05) is 26.7 Å². The van der Waals surface area contributed by atoms with E-state index in [1.54, 1.807) is 0 Å². The number of hydrogen-bond donors (Lipinski definition) is 0. The molecule has 1 saturated heterocycles. The van der Waals surface area contributed by atoms with Gasteiger partial charge in [-0.05, 0) is 51.6 Å². The summed E-state index contributed by atoms with van der Waals surface area (Å²) in [6, 6.07) is 3.78. The Kier molecular flexibility index (Phi) is 6.51. The SMILES string of the molecule is CCCC1CCC(C#N)C(N2CCCN(C)CC2CC)C1. The van der Waals surface area contributed by atoms with Gasteiger partial charge >= 0.3 is 0 Å². The van der Waals surface area contributed by atoms with Crippen molar-refractivity contribution in [3.8, 4) is 6.07 Å². The zero-order valence-corrected chi connectivity index (χ0v) is 14.2. The molecule has 4 atom stereocenters. The summed E-state index contributed by atoms with van der Waals surface area (Å²) in [4.78, 5) is 5.20. The smallest absolute Gasteiger partial charge is 0.0672 e. The van der Waals surface area contributed by atoms with Gasteiger partial charge in [-0.25, -0.2) is 0 Å². The molecule has 1 aliphatic heterocycles. The third kappa shape index (κ3) is 4.20. The Morgan fingerprint density at radius 2 is 2.00 bits per heavy atom. The first-order valence-electron chi connectivity index (χ1n) is 9.03. The average molecular weight is 291 g/mol. The first-order chi connectivity index (χ1) is 10.2. The lowest BCUT2D eigenvalue weighted by Gasteiger charge is -2.43. The van der Waals surface area contributed by atoms with Gasteiger partial charge < -0.3 is 4.90 Å². The van der Waals surface area contributed by atoms with Crippen molar-refractivity contribution in [3.63, 3.8) is 0 Å². The molecule has 2 aliphatic rings. The second kappa shape index (κ2) is 8.15. The molecular weight excluding hydrogens is 258 g/mol. The van der Waals surface area contributed by atoms with Crippen molar-refractivity contribution in [2.75, 3.05) is 26.7 Å². The molecule has 1 saturated carbocycles. The zero-order chi connectivity index (χ0) is 15.2. The number of rotatable bonds is 4. The Morgan fingerprint density at radius 1 is 1.19 bits per heavy atom. The van der Waals surface area contributed by atoms with E-state index in [-0.39, 0.29) is 5.92 Å². The molecule has 0 spiro atoms. The molecule has 0 aromatic heterocycles. The quantitative estimate of drug-likeness (QED) is 0.794. The molecule has 21 heavy (non-hydrogen) atoms. The Balaban J connectivity index is 2.11. The summed E-state index contributed by atoms with van der Waals surface area (Å²) in [5.74, 6) is 1.11. The van der Waals surface area contributed by atoms with Crippen LogP contribution in [0.15, 0.2) is 0 Å². The first-order valence-corrected chi connectivity index (χ1v) is 9.03. The molecule has 4 unspecified atom stereocenters. The minimum absolute atomic E-state index is 0.260. The summed E-state index contributed by atoms with van der Waals surface area (Å²) < 4.78 is 0. The summed E-state index contributed by atoms with van der Waals surface area (Å²) in [7, 11) is 2.24. The highest BCUT2D eigenvalue weighted by Gasteiger charge is 2.37. The van der Waals surface area contributed by atoms with Gasteiger partial charge in [0.15, 0.2) is 0 Å². The van der Waals surface area contributed by atoms with E-state index in [0.29, 0.717) is 12.1 Å². The fourth-order valence-electron chi connectivity index (χ4n) is 4.48. The van der Waals surface area contributed by atoms with Crippen molar-refractivity contribution >= 4 is 0 Å². The summed E-state index contributed by atoms with van der Waals surface area (Å²) in [5.41, 5.74) is 0. The van der Waals surface area contributed by atoms with Gasteiger partial charge in [0.2, 0.25) is 0 Å². The van der Waals surface area contributed by atoms with Gasteiger partial charge in [0.1, 0.15) is 0 Å². The fourth-order valence-corrected chi connectivity index (χ4v) is 4.48. The fraction of sp³-hybridized carbons (Fsp3) is 0.944. The van der Waals surface area contributed by atoms with Gasteiger partial charge in [-0.15, -0.1) is 0 Å². The Hall–Kier alpha value is -0.590. The Morgan fingerprint density at radius 3 is 2.67 bits per heavy atom. The van der Waals surface area contributed by atoms with Gasteiger partial charge in [-0.2, -0.15) is 5.26 Å². The van der Waals surface area contributed by atoms with Crippen LogP contribution in [0.25, 0.3) is 0 Å². The lowest BCUT2D eigenvalue weighted by molar-refractivity contribution is 0.0592. The highest BCUT2D eigenvalue weighted by Crippen LogP contribution is 2.36. The van der Waals surface area contributed by atoms with Gasteiger partial charge in [0, 0.05) is 25.2 Å². The van der Waals surface area contributed by atoms with E-state index >= 15 is 0 Å². The number of nitriles is 1. The molecule has 0 aromatic carbocycles. The second-order valence-electron chi connectivity index (χ2n) is 7.19. The van der Waals surface area contributed by atoms with Gasteiger partial charge in [0.05, 0.1) is 12.0 Å². The van der Waals surface area contributed by atoms with E-state index in [4.69, 9.17) is 0 Å². The molecule has 0 bridgehead atoms. The normalized spacial score (nSPS) is 36.1. The molecule has 0 radical (unpaired) electrons. The molecular formula is C18H33N3. The summed E-state index contributed by atoms with van der Waals surface area (Å²) >= 11 is 0. The lowest BCUT2D eigenvalue weighted by atomic mass is 9.76. The van der Waals surface area contributed by atoms with Crippen molar-refractivity contribution in [3.05, 3.63) is 0 Å². The highest BCUT2D eigenvalue weighted by molar-refractivity contribution is 4.99. The molecule has 1 aliphatic carbocycles. The molecule has 0 aromatic rings. The van der Waals surface area contributed by atoms with E-state index in [1.807, 2.05) is 0 Å². The maximum atomic E-state index is 9.60. The number of nitrogens with zero attached hydrogens (tertiary/aromatic N) is 3. The topological polar surface area (TPSA) is 30.3 Å². The van der Waals surface area contributed by atoms with Crippen LogP contribution in [0.4, 0.5) is 0 Å². The van der Waals surface area contributed by atoms with E-state index in [0.717, 1.165) is 12.3 Å². The maximum absolute atomic E-state index is 9.60. The lowest BCUT2D eigenvalue weighted by Crippen LogP contribution is -2.50. The van der Waals surface area contributed by atoms with E-state index in [2.05, 4.69) is 36.8 Å². The van der Waals surface area contributed by atoms with Crippen molar-refractivity contribution in [1.29, 1.82) is 5.26 Å². The molecule has 2 rings (SSSR count). The summed E-state index contributed by atoms with van der Waals surface area (Å²) in [6.07, 6.45) is 8.74. The van der Waals surface area contributed by atoms with Crippen molar-refractivity contribution in [2.45, 2.75) is 70.9 Å². The molecule has 120 valence electrons. The molecule has 0 amide bonds. The van der Waals surface area contributed by atoms with E-state index in [9.17, 15) is 5.26 Å². The monoisotopic (exact) mass is 291 g/mol. The third-order valence-electron chi connectivity index (χ3n) is 5.63. The van der Waals surface area contributed by atoms with Crippen LogP contribution < -0.4 is 0 Å². The standard InChI is InChI=1S/C18H33N3/c1-4-7-15-8-9-16(13-19)18(12-15)21-11-6-10-20(3)14-17(21)5-2/h15-18H,4-12,14H2,1-3H3. The minimum atomic E-state index is 0.260. The van der Waals surface area contributed by atoms with Crippen LogP contribution >= 0.6 is 0 Å². The van der Waals surface area contributed by atoms with Crippen molar-refractivity contribution < 1.29 is 0 Å². The van der Waals surface area contributed by atoms with Crippen LogP contribution in [-0.4, -0.2) is 48.6 Å². The van der Waals surface area contributed by atoms with Gasteiger partial charge in [0.25, 0.3) is 0 Å². The minimum Gasteiger partial charge on any atom is -0.305 e. The Bertz CT molecular complexity index is 349. The van der Waals surface area contributed by atoms with Crippen LogP contribution in [0.5, 0.6) is 0 Å². The molecule has 0 N–H and O–H groups in total. The average Bonchev–Trinajstić information content (AvgIpc) is 2.68. The van der Waals surface area contributed by atoms with E-state index in [1.165, 1.54) is 58.2 Å². The zero-order valence-electron chi connectivity index (χ0n) is 14.2. The molecule has 2 fully saturated rings. The predicted octanol–water partition coefficient (Wildman–Crippen LogP) is 3.51. The number of likely N-dealkylation sites (N-methyl/N-ethyl adjacent to an activating group) is 1. The van der Waals surface area contributed by atoms with E-state index < -0.39 is 0 Å².